The van der Waals surface area contributed by atoms with Crippen molar-refractivity contribution in [2.45, 2.75) is 25.8 Å². The molecule has 0 aliphatic rings. The first-order valence-electron chi connectivity index (χ1n) is 5.60. The number of aliphatic hydroxyl groups excluding tert-OH is 1. The molecule has 0 bridgehead atoms. The van der Waals surface area contributed by atoms with Gasteiger partial charge in [-0.2, -0.15) is 5.26 Å². The van der Waals surface area contributed by atoms with E-state index in [4.69, 9.17) is 10.4 Å². The highest BCUT2D eigenvalue weighted by molar-refractivity contribution is 5.96. The molecule has 0 aromatic heterocycles. The maximum atomic E-state index is 11.9. The van der Waals surface area contributed by atoms with Gasteiger partial charge < -0.3 is 10.4 Å². The van der Waals surface area contributed by atoms with E-state index in [0.717, 1.165) is 6.42 Å². The van der Waals surface area contributed by atoms with Crippen LogP contribution in [0.2, 0.25) is 0 Å². The molecule has 4 nitrogen and oxygen atoms in total. The molecule has 0 radical (unpaired) electrons. The minimum absolute atomic E-state index is 0.0126. The van der Waals surface area contributed by atoms with E-state index in [-0.39, 0.29) is 18.6 Å². The Morgan fingerprint density at radius 1 is 1.53 bits per heavy atom. The lowest BCUT2D eigenvalue weighted by Crippen LogP contribution is -2.33. The van der Waals surface area contributed by atoms with Crippen LogP contribution in [0.1, 0.15) is 35.7 Å². The van der Waals surface area contributed by atoms with Gasteiger partial charge in [-0.1, -0.05) is 12.1 Å². The van der Waals surface area contributed by atoms with Crippen molar-refractivity contribution in [1.82, 2.24) is 5.32 Å². The molecule has 0 aliphatic carbocycles. The van der Waals surface area contributed by atoms with Crippen LogP contribution < -0.4 is 5.32 Å². The molecule has 1 unspecified atom stereocenters. The molecular weight excluding hydrogens is 216 g/mol. The fraction of sp³-hybridized carbons (Fsp3) is 0.385. The van der Waals surface area contributed by atoms with Crippen LogP contribution in [0.3, 0.4) is 0 Å². The van der Waals surface area contributed by atoms with E-state index in [1.807, 2.05) is 13.0 Å². The van der Waals surface area contributed by atoms with Crippen molar-refractivity contribution in [3.63, 3.8) is 0 Å². The Kier molecular flexibility index (Phi) is 5.18. The number of carbonyl (C=O) groups excluding carboxylic acids is 1. The van der Waals surface area contributed by atoms with Crippen molar-refractivity contribution in [3.8, 4) is 6.07 Å². The highest BCUT2D eigenvalue weighted by Crippen LogP contribution is 2.08. The number of hydrogen-bond donors (Lipinski definition) is 2. The zero-order valence-corrected chi connectivity index (χ0v) is 9.81. The van der Waals surface area contributed by atoms with E-state index in [1.165, 1.54) is 0 Å². The van der Waals surface area contributed by atoms with Gasteiger partial charge in [0, 0.05) is 12.6 Å². The molecule has 2 N–H and O–H groups in total. The van der Waals surface area contributed by atoms with E-state index < -0.39 is 0 Å². The second-order valence-corrected chi connectivity index (χ2v) is 3.90. The van der Waals surface area contributed by atoms with Crippen molar-refractivity contribution >= 4 is 5.91 Å². The van der Waals surface area contributed by atoms with Crippen molar-refractivity contribution in [2.24, 2.45) is 0 Å². The normalized spacial score (nSPS) is 11.6. The fourth-order valence-electron chi connectivity index (χ4n) is 1.55. The van der Waals surface area contributed by atoms with Gasteiger partial charge in [-0.25, -0.2) is 0 Å². The number of hydrogen-bond acceptors (Lipinski definition) is 3. The third-order valence-corrected chi connectivity index (χ3v) is 2.46. The molecule has 0 spiro atoms. The summed E-state index contributed by atoms with van der Waals surface area (Å²) in [5.74, 6) is -0.243. The van der Waals surface area contributed by atoms with Crippen LogP contribution in [0.5, 0.6) is 0 Å². The van der Waals surface area contributed by atoms with Crippen LogP contribution in [0, 0.1) is 11.3 Å². The van der Waals surface area contributed by atoms with E-state index in [9.17, 15) is 4.79 Å². The molecule has 1 amide bonds. The standard InChI is InChI=1S/C13H16N2O2/c1-10(5-4-8-16)15-13(17)12-7-3-2-6-11(12)9-14/h2-3,6-7,10,16H,4-5,8H2,1H3,(H,15,17). The quantitative estimate of drug-likeness (QED) is 0.807. The molecule has 1 atom stereocenters. The summed E-state index contributed by atoms with van der Waals surface area (Å²) in [6.07, 6.45) is 1.37. The van der Waals surface area contributed by atoms with Gasteiger partial charge in [-0.3, -0.25) is 4.79 Å². The summed E-state index contributed by atoms with van der Waals surface area (Å²) >= 11 is 0. The number of aliphatic hydroxyl groups is 1. The third-order valence-electron chi connectivity index (χ3n) is 2.46. The van der Waals surface area contributed by atoms with E-state index in [0.29, 0.717) is 17.5 Å². The monoisotopic (exact) mass is 232 g/mol. The average molecular weight is 232 g/mol. The SMILES string of the molecule is CC(CCCO)NC(=O)c1ccccc1C#N. The first kappa shape index (κ1) is 13.2. The topological polar surface area (TPSA) is 73.1 Å². The molecule has 0 aliphatic heterocycles. The molecule has 0 heterocycles. The fourth-order valence-corrected chi connectivity index (χ4v) is 1.55. The Morgan fingerprint density at radius 3 is 2.88 bits per heavy atom. The summed E-state index contributed by atoms with van der Waals surface area (Å²) in [5, 5.41) is 20.4. The lowest BCUT2D eigenvalue weighted by atomic mass is 10.1. The van der Waals surface area contributed by atoms with Crippen molar-refractivity contribution in [1.29, 1.82) is 5.26 Å². The summed E-state index contributed by atoms with van der Waals surface area (Å²) in [6.45, 7) is 2.00. The number of nitrogens with one attached hydrogen (secondary N) is 1. The van der Waals surface area contributed by atoms with Crippen LogP contribution in [-0.4, -0.2) is 23.7 Å². The minimum atomic E-state index is -0.243. The maximum Gasteiger partial charge on any atom is 0.252 e. The Morgan fingerprint density at radius 2 is 2.24 bits per heavy atom. The second kappa shape index (κ2) is 6.66. The van der Waals surface area contributed by atoms with Crippen molar-refractivity contribution < 1.29 is 9.90 Å². The summed E-state index contributed by atoms with van der Waals surface area (Å²) in [5.41, 5.74) is 0.769. The zero-order valence-electron chi connectivity index (χ0n) is 9.81. The van der Waals surface area contributed by atoms with E-state index in [1.54, 1.807) is 24.3 Å². The van der Waals surface area contributed by atoms with Gasteiger partial charge in [0.1, 0.15) is 0 Å². The van der Waals surface area contributed by atoms with Gasteiger partial charge in [-0.15, -0.1) is 0 Å². The van der Waals surface area contributed by atoms with Crippen LogP contribution in [0.15, 0.2) is 24.3 Å². The summed E-state index contributed by atoms with van der Waals surface area (Å²) in [7, 11) is 0. The van der Waals surface area contributed by atoms with Gasteiger partial charge in [0.05, 0.1) is 17.2 Å². The molecular formula is C13H16N2O2. The molecule has 90 valence electrons. The summed E-state index contributed by atoms with van der Waals surface area (Å²) < 4.78 is 0. The molecule has 1 aromatic rings. The van der Waals surface area contributed by atoms with Crippen LogP contribution in [-0.2, 0) is 0 Å². The van der Waals surface area contributed by atoms with Gasteiger partial charge in [0.2, 0.25) is 0 Å². The lowest BCUT2D eigenvalue weighted by molar-refractivity contribution is 0.0936. The number of nitriles is 1. The number of amides is 1. The van der Waals surface area contributed by atoms with Crippen LogP contribution >= 0.6 is 0 Å². The average Bonchev–Trinajstić information content (AvgIpc) is 2.36. The van der Waals surface area contributed by atoms with E-state index >= 15 is 0 Å². The Labute approximate surface area is 101 Å². The smallest absolute Gasteiger partial charge is 0.252 e. The number of rotatable bonds is 5. The van der Waals surface area contributed by atoms with Gasteiger partial charge in [0.15, 0.2) is 0 Å². The van der Waals surface area contributed by atoms with E-state index in [2.05, 4.69) is 5.32 Å². The first-order chi connectivity index (χ1) is 8.19. The Bertz CT molecular complexity index is 424. The second-order valence-electron chi connectivity index (χ2n) is 3.90. The molecule has 1 rings (SSSR count). The molecule has 0 fully saturated rings. The molecule has 17 heavy (non-hydrogen) atoms. The number of carbonyl (C=O) groups is 1. The molecule has 1 aromatic carbocycles. The Hall–Kier alpha value is -1.86. The van der Waals surface area contributed by atoms with Gasteiger partial charge in [0.25, 0.3) is 5.91 Å². The maximum absolute atomic E-state index is 11.9. The van der Waals surface area contributed by atoms with Gasteiger partial charge >= 0.3 is 0 Å². The third kappa shape index (κ3) is 3.89. The molecule has 0 saturated carbocycles. The Balaban J connectivity index is 2.67. The lowest BCUT2D eigenvalue weighted by Gasteiger charge is -2.13. The predicted molar refractivity (Wildman–Crippen MR) is 64.4 cm³/mol. The minimum Gasteiger partial charge on any atom is -0.396 e. The van der Waals surface area contributed by atoms with Crippen LogP contribution in [0.4, 0.5) is 0 Å². The van der Waals surface area contributed by atoms with Crippen molar-refractivity contribution in [2.75, 3.05) is 6.61 Å². The number of benzene rings is 1. The van der Waals surface area contributed by atoms with Crippen molar-refractivity contribution in [3.05, 3.63) is 35.4 Å². The highest BCUT2D eigenvalue weighted by atomic mass is 16.2. The number of nitrogens with zero attached hydrogens (tertiary/aromatic N) is 1. The molecule has 0 saturated heterocycles. The summed E-state index contributed by atoms with van der Waals surface area (Å²) in [4.78, 5) is 11.9. The first-order valence-corrected chi connectivity index (χ1v) is 5.60. The summed E-state index contributed by atoms with van der Waals surface area (Å²) in [6, 6.07) is 8.69. The largest absolute Gasteiger partial charge is 0.396 e. The van der Waals surface area contributed by atoms with Gasteiger partial charge in [-0.05, 0) is 31.9 Å². The molecule has 4 heteroatoms. The van der Waals surface area contributed by atoms with Crippen LogP contribution in [0.25, 0.3) is 0 Å². The zero-order chi connectivity index (χ0) is 12.7. The highest BCUT2D eigenvalue weighted by Gasteiger charge is 2.12. The predicted octanol–water partition coefficient (Wildman–Crippen LogP) is 1.45.